The van der Waals surface area contributed by atoms with Crippen LogP contribution in [0, 0.1) is 15.5 Å². The maximum atomic E-state index is 12.0. The molecule has 0 bridgehead atoms. The van der Waals surface area contributed by atoms with Gasteiger partial charge in [0, 0.05) is 23.3 Å². The summed E-state index contributed by atoms with van der Waals surface area (Å²) in [4.78, 5) is 12.0. The van der Waals surface area contributed by atoms with Gasteiger partial charge in [0.15, 0.2) is 0 Å². The van der Waals surface area contributed by atoms with Gasteiger partial charge in [-0.15, -0.1) is 0 Å². The van der Waals surface area contributed by atoms with E-state index in [0.29, 0.717) is 5.71 Å². The van der Waals surface area contributed by atoms with Crippen LogP contribution in [0.4, 0.5) is 5.69 Å². The van der Waals surface area contributed by atoms with Crippen molar-refractivity contribution in [2.75, 3.05) is 0 Å². The number of nitrogens with zero attached hydrogens (tertiary/aromatic N) is 2. The first kappa shape index (κ1) is 16.1. The number of hydrazone groups is 1. The maximum absolute atomic E-state index is 12.0. The Bertz CT molecular complexity index is 628. The maximum Gasteiger partial charge on any atom is 0.276 e. The summed E-state index contributed by atoms with van der Waals surface area (Å²) in [5.41, 5.74) is 0.208. The number of hydrogen-bond donors (Lipinski definition) is 1. The van der Waals surface area contributed by atoms with E-state index in [1.165, 1.54) is 12.1 Å². The SMILES string of the molecule is CC(=NNS(=O)(=O)c1ccc([N+](=O)[O-])cc1)C(C)(C)C. The Morgan fingerprint density at radius 3 is 2.15 bits per heavy atom. The van der Waals surface area contributed by atoms with Crippen LogP contribution in [0.2, 0.25) is 0 Å². The van der Waals surface area contributed by atoms with E-state index in [9.17, 15) is 18.5 Å². The molecule has 0 aliphatic rings. The molecule has 7 nitrogen and oxygen atoms in total. The van der Waals surface area contributed by atoms with Gasteiger partial charge in [-0.25, -0.2) is 4.83 Å². The summed E-state index contributed by atoms with van der Waals surface area (Å²) in [5.74, 6) is 0. The predicted octanol–water partition coefficient (Wildman–Crippen LogP) is 2.30. The van der Waals surface area contributed by atoms with Crippen LogP contribution in [0.3, 0.4) is 0 Å². The molecule has 8 heteroatoms. The van der Waals surface area contributed by atoms with Crippen molar-refractivity contribution in [3.05, 3.63) is 34.4 Å². The molecular formula is C12H17N3O4S. The molecule has 0 saturated heterocycles. The van der Waals surface area contributed by atoms with Crippen molar-refractivity contribution in [1.29, 1.82) is 0 Å². The number of sulfonamides is 1. The van der Waals surface area contributed by atoms with Crippen molar-refractivity contribution in [2.24, 2.45) is 10.5 Å². The van der Waals surface area contributed by atoms with Gasteiger partial charge in [0.25, 0.3) is 15.7 Å². The molecule has 0 atom stereocenters. The quantitative estimate of drug-likeness (QED) is 0.523. The van der Waals surface area contributed by atoms with Crippen molar-refractivity contribution in [2.45, 2.75) is 32.6 Å². The molecule has 0 aliphatic carbocycles. The van der Waals surface area contributed by atoms with Crippen LogP contribution in [0.5, 0.6) is 0 Å². The van der Waals surface area contributed by atoms with Gasteiger partial charge in [-0.3, -0.25) is 10.1 Å². The van der Waals surface area contributed by atoms with Crippen LogP contribution >= 0.6 is 0 Å². The molecule has 1 N–H and O–H groups in total. The fraction of sp³-hybridized carbons (Fsp3) is 0.417. The van der Waals surface area contributed by atoms with E-state index in [0.717, 1.165) is 12.1 Å². The number of rotatable bonds is 4. The normalized spacial score (nSPS) is 13.1. The Morgan fingerprint density at radius 2 is 1.75 bits per heavy atom. The van der Waals surface area contributed by atoms with Gasteiger partial charge in [0.2, 0.25) is 0 Å². The molecule has 0 aliphatic heterocycles. The molecule has 0 fully saturated rings. The third-order valence-corrected chi connectivity index (χ3v) is 4.00. The topological polar surface area (TPSA) is 102 Å². The highest BCUT2D eigenvalue weighted by atomic mass is 32.2. The number of nitro groups is 1. The van der Waals surface area contributed by atoms with Crippen LogP contribution < -0.4 is 4.83 Å². The average molecular weight is 299 g/mol. The number of non-ortho nitro benzene ring substituents is 1. The Kier molecular flexibility index (Phi) is 4.49. The van der Waals surface area contributed by atoms with Crippen LogP contribution in [0.15, 0.2) is 34.3 Å². The highest BCUT2D eigenvalue weighted by molar-refractivity contribution is 7.89. The minimum atomic E-state index is -3.82. The minimum absolute atomic E-state index is 0.0754. The first-order valence-corrected chi connectivity index (χ1v) is 7.33. The monoisotopic (exact) mass is 299 g/mol. The van der Waals surface area contributed by atoms with Gasteiger partial charge >= 0.3 is 0 Å². The Morgan fingerprint density at radius 1 is 1.25 bits per heavy atom. The highest BCUT2D eigenvalue weighted by Crippen LogP contribution is 2.17. The Hall–Kier alpha value is -1.96. The van der Waals surface area contributed by atoms with Crippen LogP contribution in [0.25, 0.3) is 0 Å². The summed E-state index contributed by atoms with van der Waals surface area (Å²) in [5, 5.41) is 14.4. The number of hydrogen-bond acceptors (Lipinski definition) is 5. The minimum Gasteiger partial charge on any atom is -0.258 e. The summed E-state index contributed by atoms with van der Waals surface area (Å²) >= 11 is 0. The second kappa shape index (κ2) is 5.58. The van der Waals surface area contributed by atoms with E-state index in [4.69, 9.17) is 0 Å². The second-order valence-corrected chi connectivity index (χ2v) is 6.95. The molecule has 1 aromatic carbocycles. The zero-order valence-electron chi connectivity index (χ0n) is 11.7. The van der Waals surface area contributed by atoms with Gasteiger partial charge in [-0.1, -0.05) is 20.8 Å². The molecule has 0 saturated carbocycles. The van der Waals surface area contributed by atoms with E-state index >= 15 is 0 Å². The lowest BCUT2D eigenvalue weighted by Gasteiger charge is -2.17. The number of benzene rings is 1. The third-order valence-electron chi connectivity index (χ3n) is 2.78. The van der Waals surface area contributed by atoms with Crippen LogP contribution in [-0.4, -0.2) is 19.1 Å². The first-order valence-electron chi connectivity index (χ1n) is 5.85. The van der Waals surface area contributed by atoms with Gasteiger partial charge in [-0.05, 0) is 19.1 Å². The first-order chi connectivity index (χ1) is 9.04. The Labute approximate surface area is 117 Å². The molecule has 0 radical (unpaired) electrons. The third kappa shape index (κ3) is 4.02. The van der Waals surface area contributed by atoms with Crippen molar-refractivity contribution >= 4 is 21.4 Å². The average Bonchev–Trinajstić information content (AvgIpc) is 2.35. The zero-order chi connectivity index (χ0) is 15.6. The molecule has 0 spiro atoms. The number of nitrogens with one attached hydrogen (secondary N) is 1. The molecule has 110 valence electrons. The summed E-state index contributed by atoms with van der Waals surface area (Å²) in [6, 6.07) is 4.61. The fourth-order valence-electron chi connectivity index (χ4n) is 1.10. The van der Waals surface area contributed by atoms with Crippen molar-refractivity contribution in [3.8, 4) is 0 Å². The largest absolute Gasteiger partial charge is 0.276 e. The second-order valence-electron chi connectivity index (χ2n) is 5.29. The molecule has 0 unspecified atom stereocenters. The van der Waals surface area contributed by atoms with E-state index in [2.05, 4.69) is 9.93 Å². The van der Waals surface area contributed by atoms with Gasteiger partial charge in [0.1, 0.15) is 0 Å². The lowest BCUT2D eigenvalue weighted by molar-refractivity contribution is -0.384. The summed E-state index contributed by atoms with van der Waals surface area (Å²) in [6.07, 6.45) is 0. The smallest absolute Gasteiger partial charge is 0.258 e. The van der Waals surface area contributed by atoms with Gasteiger partial charge in [0.05, 0.1) is 9.82 Å². The summed E-state index contributed by atoms with van der Waals surface area (Å²) in [7, 11) is -3.82. The molecule has 1 rings (SSSR count). The molecule has 0 amide bonds. The Balaban J connectivity index is 2.98. The van der Waals surface area contributed by atoms with Crippen LogP contribution in [-0.2, 0) is 10.0 Å². The van der Waals surface area contributed by atoms with Crippen LogP contribution in [0.1, 0.15) is 27.7 Å². The zero-order valence-corrected chi connectivity index (χ0v) is 12.6. The molecular weight excluding hydrogens is 282 g/mol. The predicted molar refractivity (Wildman–Crippen MR) is 76.0 cm³/mol. The molecule has 0 heterocycles. The lowest BCUT2D eigenvalue weighted by atomic mass is 9.91. The standard InChI is InChI=1S/C12H17N3O4S/c1-9(12(2,3)4)13-14-20(18,19)11-7-5-10(6-8-11)15(16)17/h5-8,14H,1-4H3. The molecule has 20 heavy (non-hydrogen) atoms. The van der Waals surface area contributed by atoms with Crippen molar-refractivity contribution in [3.63, 3.8) is 0 Å². The van der Waals surface area contributed by atoms with E-state index < -0.39 is 14.9 Å². The molecule has 0 aromatic heterocycles. The van der Waals surface area contributed by atoms with Crippen molar-refractivity contribution in [1.82, 2.24) is 4.83 Å². The summed E-state index contributed by atoms with van der Waals surface area (Å²) in [6.45, 7) is 7.45. The highest BCUT2D eigenvalue weighted by Gasteiger charge is 2.18. The van der Waals surface area contributed by atoms with E-state index in [-0.39, 0.29) is 16.0 Å². The number of nitro benzene ring substituents is 1. The van der Waals surface area contributed by atoms with Crippen molar-refractivity contribution < 1.29 is 13.3 Å². The lowest BCUT2D eigenvalue weighted by Crippen LogP contribution is -2.24. The van der Waals surface area contributed by atoms with E-state index in [1.807, 2.05) is 20.8 Å². The fourth-order valence-corrected chi connectivity index (χ4v) is 1.95. The van der Waals surface area contributed by atoms with E-state index in [1.54, 1.807) is 6.92 Å². The summed E-state index contributed by atoms with van der Waals surface area (Å²) < 4.78 is 23.9. The van der Waals surface area contributed by atoms with Gasteiger partial charge < -0.3 is 0 Å². The van der Waals surface area contributed by atoms with Gasteiger partial charge in [-0.2, -0.15) is 13.5 Å². The molecule has 1 aromatic rings.